The Morgan fingerprint density at radius 3 is 2.70 bits per heavy atom. The molecule has 0 fully saturated rings. The molecule has 2 N–H and O–H groups in total. The Kier molecular flexibility index (Phi) is 3.84. The fourth-order valence-corrected chi connectivity index (χ4v) is 3.29. The quantitative estimate of drug-likeness (QED) is 0.880. The fraction of sp³-hybridized carbons (Fsp3) is 0.316. The van der Waals surface area contributed by atoms with Gasteiger partial charge in [0, 0.05) is 11.0 Å². The molecule has 1 unspecified atom stereocenters. The third kappa shape index (κ3) is 2.93. The van der Waals surface area contributed by atoms with Crippen molar-refractivity contribution >= 4 is 6.09 Å². The summed E-state index contributed by atoms with van der Waals surface area (Å²) in [7, 11) is 0. The summed E-state index contributed by atoms with van der Waals surface area (Å²) >= 11 is 0. The third-order valence-electron chi connectivity index (χ3n) is 4.59. The Morgan fingerprint density at radius 2 is 2.00 bits per heavy atom. The van der Waals surface area contributed by atoms with Crippen LogP contribution in [0.2, 0.25) is 0 Å². The molecule has 4 heteroatoms. The number of primary amides is 1. The molecule has 2 aromatic carbocycles. The van der Waals surface area contributed by atoms with Gasteiger partial charge in [0.25, 0.3) is 0 Å². The number of fused-ring (bicyclic) bond motifs is 1. The van der Waals surface area contributed by atoms with Crippen molar-refractivity contribution in [3.8, 4) is 11.1 Å². The van der Waals surface area contributed by atoms with Gasteiger partial charge >= 0.3 is 6.09 Å². The highest BCUT2D eigenvalue weighted by molar-refractivity contribution is 5.67. The summed E-state index contributed by atoms with van der Waals surface area (Å²) in [5, 5.41) is 0. The molecule has 3 nitrogen and oxygen atoms in total. The van der Waals surface area contributed by atoms with E-state index in [4.69, 9.17) is 10.5 Å². The summed E-state index contributed by atoms with van der Waals surface area (Å²) in [5.41, 5.74) is 8.50. The average molecular weight is 313 g/mol. The van der Waals surface area contributed by atoms with E-state index in [1.165, 1.54) is 6.07 Å². The summed E-state index contributed by atoms with van der Waals surface area (Å²) in [5.74, 6) is -0.242. The molecule has 0 spiro atoms. The molecule has 0 saturated heterocycles. The predicted octanol–water partition coefficient (Wildman–Crippen LogP) is 4.60. The maximum Gasteiger partial charge on any atom is 0.405 e. The number of aryl methyl sites for hydroxylation is 1. The minimum absolute atomic E-state index is 0.179. The normalized spacial score (nSPS) is 19.0. The van der Waals surface area contributed by atoms with Gasteiger partial charge in [0.05, 0.1) is 0 Å². The molecule has 0 heterocycles. The van der Waals surface area contributed by atoms with Crippen LogP contribution in [0.1, 0.15) is 37.5 Å². The molecule has 120 valence electrons. The smallest absolute Gasteiger partial charge is 0.405 e. The van der Waals surface area contributed by atoms with Gasteiger partial charge in [-0.05, 0) is 35.6 Å². The largest absolute Gasteiger partial charge is 0.441 e. The Balaban J connectivity index is 2.04. The van der Waals surface area contributed by atoms with Gasteiger partial charge in [-0.1, -0.05) is 50.2 Å². The van der Waals surface area contributed by atoms with E-state index in [1.54, 1.807) is 12.1 Å². The van der Waals surface area contributed by atoms with Crippen molar-refractivity contribution in [3.63, 3.8) is 0 Å². The van der Waals surface area contributed by atoms with Crippen molar-refractivity contribution in [2.75, 3.05) is 0 Å². The van der Waals surface area contributed by atoms with Crippen LogP contribution in [0.3, 0.4) is 0 Å². The second-order valence-corrected chi connectivity index (χ2v) is 6.70. The SMILES string of the molecule is CC1(C)CCc2cc(-c3ccccc3F)ccc2C1OC(N)=O. The highest BCUT2D eigenvalue weighted by Crippen LogP contribution is 2.46. The zero-order valence-electron chi connectivity index (χ0n) is 13.3. The topological polar surface area (TPSA) is 52.3 Å². The third-order valence-corrected chi connectivity index (χ3v) is 4.59. The van der Waals surface area contributed by atoms with Gasteiger partial charge in [-0.2, -0.15) is 0 Å². The van der Waals surface area contributed by atoms with Crippen molar-refractivity contribution in [1.29, 1.82) is 0 Å². The van der Waals surface area contributed by atoms with E-state index in [2.05, 4.69) is 13.8 Å². The van der Waals surface area contributed by atoms with Gasteiger partial charge in [-0.3, -0.25) is 0 Å². The molecule has 0 bridgehead atoms. The van der Waals surface area contributed by atoms with E-state index in [0.29, 0.717) is 5.56 Å². The van der Waals surface area contributed by atoms with Gasteiger partial charge in [-0.25, -0.2) is 9.18 Å². The van der Waals surface area contributed by atoms with Crippen LogP contribution in [0.5, 0.6) is 0 Å². The monoisotopic (exact) mass is 313 g/mol. The van der Waals surface area contributed by atoms with Crippen LogP contribution in [0.25, 0.3) is 11.1 Å². The van der Waals surface area contributed by atoms with E-state index in [9.17, 15) is 9.18 Å². The number of amides is 1. The zero-order chi connectivity index (χ0) is 16.6. The minimum Gasteiger partial charge on any atom is -0.441 e. The van der Waals surface area contributed by atoms with Crippen molar-refractivity contribution in [2.24, 2.45) is 11.1 Å². The van der Waals surface area contributed by atoms with E-state index < -0.39 is 6.09 Å². The Hall–Kier alpha value is -2.36. The number of nitrogens with two attached hydrogens (primary N) is 1. The molecule has 1 aliphatic carbocycles. The van der Waals surface area contributed by atoms with Crippen molar-refractivity contribution in [1.82, 2.24) is 0 Å². The Labute approximate surface area is 135 Å². The second kappa shape index (κ2) is 5.69. The molecule has 0 radical (unpaired) electrons. The van der Waals surface area contributed by atoms with Gasteiger partial charge < -0.3 is 10.5 Å². The van der Waals surface area contributed by atoms with E-state index in [1.807, 2.05) is 24.3 Å². The first-order valence-corrected chi connectivity index (χ1v) is 7.72. The lowest BCUT2D eigenvalue weighted by Gasteiger charge is -2.39. The average Bonchev–Trinajstić information content (AvgIpc) is 2.50. The summed E-state index contributed by atoms with van der Waals surface area (Å²) in [6.07, 6.45) is 0.592. The van der Waals surface area contributed by atoms with Crippen LogP contribution in [-0.4, -0.2) is 6.09 Å². The van der Waals surface area contributed by atoms with Crippen molar-refractivity contribution < 1.29 is 13.9 Å². The van der Waals surface area contributed by atoms with Crippen LogP contribution in [-0.2, 0) is 11.2 Å². The molecule has 2 aromatic rings. The van der Waals surface area contributed by atoms with E-state index in [0.717, 1.165) is 29.5 Å². The Morgan fingerprint density at radius 1 is 1.26 bits per heavy atom. The summed E-state index contributed by atoms with van der Waals surface area (Å²) in [6, 6.07) is 12.5. The number of carbonyl (C=O) groups is 1. The fourth-order valence-electron chi connectivity index (χ4n) is 3.29. The van der Waals surface area contributed by atoms with Crippen molar-refractivity contribution in [3.05, 3.63) is 59.4 Å². The molecule has 0 aromatic heterocycles. The van der Waals surface area contributed by atoms with Crippen LogP contribution in [0, 0.1) is 11.2 Å². The number of ether oxygens (including phenoxy) is 1. The van der Waals surface area contributed by atoms with Gasteiger partial charge in [0.2, 0.25) is 0 Å². The minimum atomic E-state index is -0.769. The van der Waals surface area contributed by atoms with Gasteiger partial charge in [0.15, 0.2) is 0 Å². The number of hydrogen-bond donors (Lipinski definition) is 1. The molecular weight excluding hydrogens is 293 g/mol. The first-order valence-electron chi connectivity index (χ1n) is 7.72. The highest BCUT2D eigenvalue weighted by atomic mass is 19.1. The first-order chi connectivity index (χ1) is 10.9. The number of halogens is 1. The van der Waals surface area contributed by atoms with Crippen LogP contribution in [0.15, 0.2) is 42.5 Å². The molecular formula is C19H20FNO2. The molecule has 0 aliphatic heterocycles. The molecule has 23 heavy (non-hydrogen) atoms. The highest BCUT2D eigenvalue weighted by Gasteiger charge is 2.38. The number of carbonyl (C=O) groups excluding carboxylic acids is 1. The second-order valence-electron chi connectivity index (χ2n) is 6.70. The van der Waals surface area contributed by atoms with Crippen molar-refractivity contribution in [2.45, 2.75) is 32.8 Å². The first kappa shape index (κ1) is 15.5. The van der Waals surface area contributed by atoms with Crippen LogP contribution >= 0.6 is 0 Å². The van der Waals surface area contributed by atoms with Crippen LogP contribution < -0.4 is 5.73 Å². The molecule has 1 amide bonds. The van der Waals surface area contributed by atoms with E-state index >= 15 is 0 Å². The standard InChI is InChI=1S/C19H20FNO2/c1-19(2)10-9-13-11-12(14-5-3-4-6-16(14)20)7-8-15(13)17(19)23-18(21)22/h3-8,11,17H,9-10H2,1-2H3,(H2,21,22). The van der Waals surface area contributed by atoms with Gasteiger partial charge in [-0.15, -0.1) is 0 Å². The molecule has 1 atom stereocenters. The maximum absolute atomic E-state index is 14.0. The summed E-state index contributed by atoms with van der Waals surface area (Å²) in [6.45, 7) is 4.13. The molecule has 1 aliphatic rings. The zero-order valence-corrected chi connectivity index (χ0v) is 13.3. The lowest BCUT2D eigenvalue weighted by Crippen LogP contribution is -2.33. The van der Waals surface area contributed by atoms with Crippen LogP contribution in [0.4, 0.5) is 9.18 Å². The Bertz CT molecular complexity index is 755. The lowest BCUT2D eigenvalue weighted by molar-refractivity contribution is 0.0147. The predicted molar refractivity (Wildman–Crippen MR) is 87.3 cm³/mol. The summed E-state index contributed by atoms with van der Waals surface area (Å²) in [4.78, 5) is 11.2. The molecule has 0 saturated carbocycles. The summed E-state index contributed by atoms with van der Waals surface area (Å²) < 4.78 is 19.4. The lowest BCUT2D eigenvalue weighted by atomic mass is 9.71. The number of hydrogen-bond acceptors (Lipinski definition) is 2. The van der Waals surface area contributed by atoms with E-state index in [-0.39, 0.29) is 17.3 Å². The number of benzene rings is 2. The number of rotatable bonds is 2. The molecule has 3 rings (SSSR count). The van der Waals surface area contributed by atoms with Gasteiger partial charge in [0.1, 0.15) is 11.9 Å². The maximum atomic E-state index is 14.0.